The van der Waals surface area contributed by atoms with E-state index in [4.69, 9.17) is 5.11 Å². The molecule has 0 amide bonds. The first-order chi connectivity index (χ1) is 8.97. The Morgan fingerprint density at radius 2 is 2.26 bits per heavy atom. The molecule has 19 heavy (non-hydrogen) atoms. The van der Waals surface area contributed by atoms with E-state index in [1.54, 1.807) is 0 Å². The fraction of sp³-hybridized carbons (Fsp3) is 0.417. The van der Waals surface area contributed by atoms with Gasteiger partial charge in [-0.15, -0.1) is 0 Å². The number of rotatable bonds is 7. The lowest BCUT2D eigenvalue weighted by molar-refractivity contribution is -0.386. The number of unbranched alkanes of at least 4 members (excludes halogenated alkanes) is 1. The Bertz CT molecular complexity index is 479. The van der Waals surface area contributed by atoms with Crippen molar-refractivity contribution < 1.29 is 19.2 Å². The van der Waals surface area contributed by atoms with Crippen LogP contribution in [0.2, 0.25) is 0 Å². The Labute approximate surface area is 109 Å². The third-order valence-corrected chi connectivity index (χ3v) is 2.64. The number of benzene rings is 1. The Balaban J connectivity index is 2.99. The number of hydrogen-bond donors (Lipinski definition) is 2. The largest absolute Gasteiger partial charge is 0.480 e. The van der Waals surface area contributed by atoms with E-state index in [9.17, 15) is 19.3 Å². The van der Waals surface area contributed by atoms with Crippen LogP contribution in [0.15, 0.2) is 18.2 Å². The number of anilines is 1. The second-order valence-electron chi connectivity index (χ2n) is 4.07. The molecule has 0 heterocycles. The van der Waals surface area contributed by atoms with E-state index in [-0.39, 0.29) is 5.69 Å². The van der Waals surface area contributed by atoms with Crippen molar-refractivity contribution >= 4 is 17.3 Å². The first kappa shape index (κ1) is 14.9. The summed E-state index contributed by atoms with van der Waals surface area (Å²) in [6.45, 7) is 1.91. The molecule has 0 fully saturated rings. The number of hydrogen-bond acceptors (Lipinski definition) is 4. The van der Waals surface area contributed by atoms with Gasteiger partial charge in [-0.25, -0.2) is 4.79 Å². The van der Waals surface area contributed by atoms with Crippen LogP contribution in [0.3, 0.4) is 0 Å². The molecule has 1 atom stereocenters. The summed E-state index contributed by atoms with van der Waals surface area (Å²) in [5.41, 5.74) is -0.848. The van der Waals surface area contributed by atoms with Gasteiger partial charge in [-0.05, 0) is 18.6 Å². The Kier molecular flexibility index (Phi) is 5.23. The van der Waals surface area contributed by atoms with Crippen molar-refractivity contribution in [3.8, 4) is 0 Å². The minimum atomic E-state index is -1.12. The lowest BCUT2D eigenvalue weighted by Gasteiger charge is -2.15. The van der Waals surface area contributed by atoms with Crippen LogP contribution >= 0.6 is 0 Å². The second kappa shape index (κ2) is 6.67. The maximum absolute atomic E-state index is 13.4. The lowest BCUT2D eigenvalue weighted by Crippen LogP contribution is -2.29. The van der Waals surface area contributed by atoms with Crippen molar-refractivity contribution in [2.45, 2.75) is 32.2 Å². The molecule has 0 aliphatic rings. The number of carbonyl (C=O) groups is 1. The lowest BCUT2D eigenvalue weighted by atomic mass is 10.1. The summed E-state index contributed by atoms with van der Waals surface area (Å²) in [4.78, 5) is 21.0. The van der Waals surface area contributed by atoms with Crippen LogP contribution in [-0.4, -0.2) is 22.0 Å². The molecule has 0 spiro atoms. The summed E-state index contributed by atoms with van der Waals surface area (Å²) < 4.78 is 13.4. The molecule has 2 N–H and O–H groups in total. The SMILES string of the molecule is CCCC[C@H](Nc1cccc(F)c1[N+](=O)[O-])C(=O)O. The van der Waals surface area contributed by atoms with Gasteiger partial charge in [0.15, 0.2) is 0 Å². The molecule has 0 aliphatic carbocycles. The van der Waals surface area contributed by atoms with Crippen molar-refractivity contribution in [3.63, 3.8) is 0 Å². The van der Waals surface area contributed by atoms with Crippen LogP contribution in [0, 0.1) is 15.9 Å². The molecule has 7 heteroatoms. The highest BCUT2D eigenvalue weighted by atomic mass is 19.1. The number of halogens is 1. The smallest absolute Gasteiger partial charge is 0.327 e. The highest BCUT2D eigenvalue weighted by molar-refractivity contribution is 5.79. The third kappa shape index (κ3) is 3.90. The van der Waals surface area contributed by atoms with Gasteiger partial charge in [0.25, 0.3) is 0 Å². The van der Waals surface area contributed by atoms with Gasteiger partial charge in [0.1, 0.15) is 11.7 Å². The number of nitrogens with one attached hydrogen (secondary N) is 1. The van der Waals surface area contributed by atoms with Crippen molar-refractivity contribution in [2.24, 2.45) is 0 Å². The maximum atomic E-state index is 13.4. The Morgan fingerprint density at radius 1 is 1.58 bits per heavy atom. The van der Waals surface area contributed by atoms with Gasteiger partial charge in [-0.3, -0.25) is 10.1 Å². The van der Waals surface area contributed by atoms with E-state index in [0.29, 0.717) is 12.8 Å². The van der Waals surface area contributed by atoms with E-state index in [2.05, 4.69) is 5.32 Å². The molecule has 0 aromatic heterocycles. The van der Waals surface area contributed by atoms with Gasteiger partial charge in [0.05, 0.1) is 4.92 Å². The fourth-order valence-corrected chi connectivity index (χ4v) is 1.67. The van der Waals surface area contributed by atoms with Crippen LogP contribution in [0.4, 0.5) is 15.8 Å². The van der Waals surface area contributed by atoms with Gasteiger partial charge in [0, 0.05) is 0 Å². The molecule has 6 nitrogen and oxygen atoms in total. The van der Waals surface area contributed by atoms with Crippen LogP contribution in [0.5, 0.6) is 0 Å². The Hall–Kier alpha value is -2.18. The first-order valence-electron chi connectivity index (χ1n) is 5.89. The third-order valence-electron chi connectivity index (χ3n) is 2.64. The average Bonchev–Trinajstić information content (AvgIpc) is 2.33. The van der Waals surface area contributed by atoms with Crippen LogP contribution in [0.1, 0.15) is 26.2 Å². The quantitative estimate of drug-likeness (QED) is 0.587. The Morgan fingerprint density at radius 3 is 2.79 bits per heavy atom. The molecular formula is C12H15FN2O4. The van der Waals surface area contributed by atoms with Gasteiger partial charge >= 0.3 is 11.7 Å². The number of carboxylic acids is 1. The van der Waals surface area contributed by atoms with E-state index in [1.165, 1.54) is 12.1 Å². The van der Waals surface area contributed by atoms with E-state index < -0.39 is 28.4 Å². The topological polar surface area (TPSA) is 92.5 Å². The molecule has 1 rings (SSSR count). The highest BCUT2D eigenvalue weighted by Crippen LogP contribution is 2.28. The van der Waals surface area contributed by atoms with Gasteiger partial charge in [-0.1, -0.05) is 25.8 Å². The predicted octanol–water partition coefficient (Wildman–Crippen LogP) is 2.79. The molecule has 0 aliphatic heterocycles. The molecule has 1 aromatic carbocycles. The summed E-state index contributed by atoms with van der Waals surface area (Å²) in [7, 11) is 0. The molecule has 0 saturated heterocycles. The number of nitrogens with zero attached hydrogens (tertiary/aromatic N) is 1. The number of nitro benzene ring substituents is 1. The molecular weight excluding hydrogens is 255 g/mol. The first-order valence-corrected chi connectivity index (χ1v) is 5.89. The number of para-hydroxylation sites is 1. The monoisotopic (exact) mass is 270 g/mol. The van der Waals surface area contributed by atoms with Crippen molar-refractivity contribution in [1.29, 1.82) is 0 Å². The summed E-state index contributed by atoms with van der Waals surface area (Å²) in [5.74, 6) is -2.11. The zero-order chi connectivity index (χ0) is 14.4. The number of carboxylic acid groups (broad SMARTS) is 1. The molecule has 0 radical (unpaired) electrons. The summed E-state index contributed by atoms with van der Waals surface area (Å²) in [6.07, 6.45) is 1.78. The minimum Gasteiger partial charge on any atom is -0.480 e. The zero-order valence-electron chi connectivity index (χ0n) is 10.4. The van der Waals surface area contributed by atoms with Crippen LogP contribution < -0.4 is 5.32 Å². The molecule has 0 unspecified atom stereocenters. The fourth-order valence-electron chi connectivity index (χ4n) is 1.67. The molecule has 0 bridgehead atoms. The van der Waals surface area contributed by atoms with Gasteiger partial charge < -0.3 is 10.4 Å². The standard InChI is InChI=1S/C12H15FN2O4/c1-2-3-6-10(12(16)17)14-9-7-4-5-8(13)11(9)15(18)19/h4-5,7,10,14H,2-3,6H2,1H3,(H,16,17)/t10-/m0/s1. The van der Waals surface area contributed by atoms with Crippen molar-refractivity contribution in [1.82, 2.24) is 0 Å². The molecule has 104 valence electrons. The molecule has 0 saturated carbocycles. The number of aliphatic carboxylic acids is 1. The normalized spacial score (nSPS) is 11.9. The predicted molar refractivity (Wildman–Crippen MR) is 67.6 cm³/mol. The van der Waals surface area contributed by atoms with Crippen LogP contribution in [-0.2, 0) is 4.79 Å². The minimum absolute atomic E-state index is 0.117. The van der Waals surface area contributed by atoms with Crippen LogP contribution in [0.25, 0.3) is 0 Å². The summed E-state index contributed by atoms with van der Waals surface area (Å²) in [6, 6.07) is 2.58. The maximum Gasteiger partial charge on any atom is 0.327 e. The second-order valence-corrected chi connectivity index (χ2v) is 4.07. The van der Waals surface area contributed by atoms with Crippen molar-refractivity contribution in [3.05, 3.63) is 34.1 Å². The molecule has 1 aromatic rings. The van der Waals surface area contributed by atoms with Crippen molar-refractivity contribution in [2.75, 3.05) is 5.32 Å². The zero-order valence-corrected chi connectivity index (χ0v) is 10.4. The van der Waals surface area contributed by atoms with Gasteiger partial charge in [0.2, 0.25) is 5.82 Å². The summed E-state index contributed by atoms with van der Waals surface area (Å²) in [5, 5.41) is 22.3. The average molecular weight is 270 g/mol. The van der Waals surface area contributed by atoms with E-state index >= 15 is 0 Å². The summed E-state index contributed by atoms with van der Waals surface area (Å²) >= 11 is 0. The van der Waals surface area contributed by atoms with E-state index in [0.717, 1.165) is 12.5 Å². The highest BCUT2D eigenvalue weighted by Gasteiger charge is 2.24. The van der Waals surface area contributed by atoms with Gasteiger partial charge in [-0.2, -0.15) is 4.39 Å². The van der Waals surface area contributed by atoms with E-state index in [1.807, 2.05) is 6.92 Å². The number of nitro groups is 1.